The fourth-order valence-electron chi connectivity index (χ4n) is 4.52. The van der Waals surface area contributed by atoms with Crippen LogP contribution in [0.3, 0.4) is 0 Å². The van der Waals surface area contributed by atoms with Crippen LogP contribution in [0.5, 0.6) is 11.6 Å². The maximum Gasteiger partial charge on any atom is 0.417 e. The fraction of sp³-hybridized carbons (Fsp3) is 0.0690. The van der Waals surface area contributed by atoms with Crippen molar-refractivity contribution in [2.45, 2.75) is 6.18 Å². The Balaban J connectivity index is 1.33. The summed E-state index contributed by atoms with van der Waals surface area (Å²) in [4.78, 5) is 39.2. The van der Waals surface area contributed by atoms with Crippen molar-refractivity contribution in [2.75, 3.05) is 5.32 Å². The molecule has 0 saturated heterocycles. The van der Waals surface area contributed by atoms with Crippen LogP contribution in [-0.4, -0.2) is 30.0 Å². The quantitative estimate of drug-likeness (QED) is 0.223. The van der Waals surface area contributed by atoms with Crippen LogP contribution in [0, 0.1) is 5.82 Å². The molecule has 0 atom stereocenters. The molecule has 1 N–H and O–H groups in total. The summed E-state index contributed by atoms with van der Waals surface area (Å²) in [5, 5.41) is 2.75. The Hall–Kier alpha value is -5.30. The number of fused-ring (bicyclic) bond motifs is 2. The fourth-order valence-corrected chi connectivity index (χ4v) is 4.80. The maximum atomic E-state index is 15.0. The minimum Gasteiger partial charge on any atom is -0.435 e. The van der Waals surface area contributed by atoms with Gasteiger partial charge in [-0.25, -0.2) is 19.3 Å². The van der Waals surface area contributed by atoms with Crippen LogP contribution < -0.4 is 15.6 Å². The molecule has 0 radical (unpaired) electrons. The van der Waals surface area contributed by atoms with Gasteiger partial charge < -0.3 is 14.6 Å². The number of halogens is 5. The summed E-state index contributed by atoms with van der Waals surface area (Å²) >= 11 is 5.90. The molecule has 6 aromatic rings. The Morgan fingerprint density at radius 1 is 1.00 bits per heavy atom. The van der Waals surface area contributed by atoms with Crippen LogP contribution in [0.4, 0.5) is 23.2 Å². The molecule has 0 spiro atoms. The highest BCUT2D eigenvalue weighted by Gasteiger charge is 2.33. The van der Waals surface area contributed by atoms with Gasteiger partial charge in [0.25, 0.3) is 11.5 Å². The average Bonchev–Trinajstić information content (AvgIpc) is 3.34. The molecule has 14 heteroatoms. The largest absolute Gasteiger partial charge is 0.435 e. The standard InChI is InChI=1S/C29H17ClF4N6O3/c1-39-10-8-18-25(39)36-14-37-27(18)43-23-7-4-16(12-22(23)31)38-26(41)19-11-15-3-2-9-35-24(15)40(28(19)42)17-5-6-20(21(30)13-17)29(32,33)34/h2-14H,1H3,(H,38,41). The maximum absolute atomic E-state index is 15.0. The zero-order valence-corrected chi connectivity index (χ0v) is 22.6. The summed E-state index contributed by atoms with van der Waals surface area (Å²) in [6, 6.07) is 12.6. The zero-order chi connectivity index (χ0) is 30.5. The second-order valence-electron chi connectivity index (χ2n) is 9.32. The molecule has 4 heterocycles. The van der Waals surface area contributed by atoms with Gasteiger partial charge in [-0.1, -0.05) is 11.6 Å². The molecule has 216 valence electrons. The number of anilines is 1. The number of amides is 1. The smallest absolute Gasteiger partial charge is 0.417 e. The number of nitrogens with one attached hydrogen (secondary N) is 1. The molecule has 43 heavy (non-hydrogen) atoms. The van der Waals surface area contributed by atoms with E-state index in [4.69, 9.17) is 16.3 Å². The topological polar surface area (TPSA) is 104 Å². The van der Waals surface area contributed by atoms with E-state index in [0.29, 0.717) is 16.4 Å². The lowest BCUT2D eigenvalue weighted by Gasteiger charge is -2.15. The summed E-state index contributed by atoms with van der Waals surface area (Å²) < 4.78 is 63.2. The number of ether oxygens (including phenoxy) is 1. The van der Waals surface area contributed by atoms with Crippen molar-refractivity contribution < 1.29 is 27.1 Å². The van der Waals surface area contributed by atoms with E-state index >= 15 is 4.39 Å². The lowest BCUT2D eigenvalue weighted by Crippen LogP contribution is -2.29. The van der Waals surface area contributed by atoms with Gasteiger partial charge in [0.1, 0.15) is 23.2 Å². The first-order valence-electron chi connectivity index (χ1n) is 12.4. The third-order valence-corrected chi connectivity index (χ3v) is 6.86. The van der Waals surface area contributed by atoms with Crippen LogP contribution in [0.15, 0.2) is 84.2 Å². The number of rotatable bonds is 5. The van der Waals surface area contributed by atoms with Crippen LogP contribution in [-0.2, 0) is 13.2 Å². The summed E-state index contributed by atoms with van der Waals surface area (Å²) in [6.07, 6.45) is -0.277. The highest BCUT2D eigenvalue weighted by atomic mass is 35.5. The van der Waals surface area contributed by atoms with Crippen molar-refractivity contribution in [3.05, 3.63) is 112 Å². The number of nitrogens with zero attached hydrogens (tertiary/aromatic N) is 5. The number of hydrogen-bond acceptors (Lipinski definition) is 6. The number of carbonyl (C=O) groups excluding carboxylic acids is 1. The number of benzene rings is 2. The molecule has 0 bridgehead atoms. The molecule has 0 aliphatic heterocycles. The molecule has 2 aromatic carbocycles. The van der Waals surface area contributed by atoms with Crippen LogP contribution in [0.1, 0.15) is 15.9 Å². The third-order valence-electron chi connectivity index (χ3n) is 6.54. The number of pyridine rings is 2. The van der Waals surface area contributed by atoms with Gasteiger partial charge in [-0.3, -0.25) is 14.2 Å². The summed E-state index contributed by atoms with van der Waals surface area (Å²) in [7, 11) is 1.79. The lowest BCUT2D eigenvalue weighted by molar-refractivity contribution is -0.137. The summed E-state index contributed by atoms with van der Waals surface area (Å²) in [6.45, 7) is 0. The van der Waals surface area contributed by atoms with E-state index < -0.39 is 34.0 Å². The van der Waals surface area contributed by atoms with E-state index in [9.17, 15) is 22.8 Å². The number of alkyl halides is 3. The van der Waals surface area contributed by atoms with Gasteiger partial charge in [-0.2, -0.15) is 13.2 Å². The molecule has 4 aromatic heterocycles. The first-order chi connectivity index (χ1) is 20.5. The molecule has 1 amide bonds. The van der Waals surface area contributed by atoms with Crippen molar-refractivity contribution in [3.63, 3.8) is 0 Å². The van der Waals surface area contributed by atoms with E-state index in [1.54, 1.807) is 36.0 Å². The number of hydrogen-bond donors (Lipinski definition) is 1. The molecule has 9 nitrogen and oxygen atoms in total. The predicted octanol–water partition coefficient (Wildman–Crippen LogP) is 6.52. The van der Waals surface area contributed by atoms with Gasteiger partial charge in [0.15, 0.2) is 11.6 Å². The van der Waals surface area contributed by atoms with Gasteiger partial charge in [0.05, 0.1) is 21.7 Å². The number of aryl methyl sites for hydroxylation is 1. The molecule has 0 aliphatic carbocycles. The van der Waals surface area contributed by atoms with E-state index in [1.165, 1.54) is 30.7 Å². The van der Waals surface area contributed by atoms with Crippen LogP contribution in [0.25, 0.3) is 27.8 Å². The molecular weight excluding hydrogens is 592 g/mol. The van der Waals surface area contributed by atoms with Crippen molar-refractivity contribution >= 4 is 45.3 Å². The van der Waals surface area contributed by atoms with Gasteiger partial charge in [-0.05, 0) is 54.6 Å². The van der Waals surface area contributed by atoms with Crippen molar-refractivity contribution in [3.8, 4) is 17.3 Å². The van der Waals surface area contributed by atoms with Crippen molar-refractivity contribution in [1.82, 2.24) is 24.1 Å². The van der Waals surface area contributed by atoms with Crippen molar-refractivity contribution in [1.29, 1.82) is 0 Å². The molecule has 0 unspecified atom stereocenters. The van der Waals surface area contributed by atoms with Crippen LogP contribution >= 0.6 is 11.6 Å². The molecule has 6 rings (SSSR count). The Labute approximate surface area is 244 Å². The number of aromatic nitrogens is 5. The first-order valence-corrected chi connectivity index (χ1v) is 12.8. The lowest BCUT2D eigenvalue weighted by atomic mass is 10.1. The zero-order valence-electron chi connectivity index (χ0n) is 21.9. The Kier molecular flexibility index (Phi) is 6.81. The Morgan fingerprint density at radius 3 is 2.56 bits per heavy atom. The molecule has 0 saturated carbocycles. The average molecular weight is 609 g/mol. The molecular formula is C29H17ClF4N6O3. The number of carbonyl (C=O) groups is 1. The van der Waals surface area contributed by atoms with Gasteiger partial charge in [0.2, 0.25) is 5.88 Å². The second kappa shape index (κ2) is 10.5. The SMILES string of the molecule is Cn1ccc2c(Oc3ccc(NC(=O)c4cc5cccnc5n(-c5ccc(C(F)(F)F)c(Cl)c5)c4=O)cc3F)ncnc21. The highest BCUT2D eigenvalue weighted by molar-refractivity contribution is 6.31. The Bertz CT molecular complexity index is 2130. The predicted molar refractivity (Wildman–Crippen MR) is 150 cm³/mol. The summed E-state index contributed by atoms with van der Waals surface area (Å²) in [5.41, 5.74) is -1.68. The van der Waals surface area contributed by atoms with E-state index in [-0.39, 0.29) is 34.2 Å². The van der Waals surface area contributed by atoms with E-state index in [0.717, 1.165) is 28.8 Å². The van der Waals surface area contributed by atoms with Gasteiger partial charge >= 0.3 is 6.18 Å². The van der Waals surface area contributed by atoms with Gasteiger partial charge in [-0.15, -0.1) is 0 Å². The van der Waals surface area contributed by atoms with E-state index in [1.807, 2.05) is 0 Å². The minimum absolute atomic E-state index is 0.0113. The molecule has 0 aliphatic rings. The van der Waals surface area contributed by atoms with E-state index in [2.05, 4.69) is 20.3 Å². The van der Waals surface area contributed by atoms with Crippen LogP contribution in [0.2, 0.25) is 5.02 Å². The minimum atomic E-state index is -4.71. The Morgan fingerprint density at radius 2 is 1.81 bits per heavy atom. The molecule has 0 fully saturated rings. The first kappa shape index (κ1) is 27.8. The monoisotopic (exact) mass is 608 g/mol. The van der Waals surface area contributed by atoms with Gasteiger partial charge in [0, 0.05) is 36.6 Å². The second-order valence-corrected chi connectivity index (χ2v) is 9.73. The van der Waals surface area contributed by atoms with Crippen molar-refractivity contribution in [2.24, 2.45) is 7.05 Å². The highest BCUT2D eigenvalue weighted by Crippen LogP contribution is 2.36. The third kappa shape index (κ3) is 5.14. The summed E-state index contributed by atoms with van der Waals surface area (Å²) in [5.74, 6) is -1.74. The normalized spacial score (nSPS) is 11.7.